The summed E-state index contributed by atoms with van der Waals surface area (Å²) in [5, 5.41) is 13.3. The monoisotopic (exact) mass is 507 g/mol. The Balaban J connectivity index is 1.74. The fourth-order valence-electron chi connectivity index (χ4n) is 3.91. The van der Waals surface area contributed by atoms with Crippen molar-refractivity contribution >= 4 is 23.4 Å². The first-order valence-electron chi connectivity index (χ1n) is 12.0. The molecule has 4 aromatic rings. The lowest BCUT2D eigenvalue weighted by Crippen LogP contribution is -2.23. The maximum Gasteiger partial charge on any atom is 0.237 e. The summed E-state index contributed by atoms with van der Waals surface area (Å²) in [6, 6.07) is 26.0. The molecule has 37 heavy (non-hydrogen) atoms. The topological polar surface area (TPSA) is 75.0 Å². The number of pyridine rings is 1. The van der Waals surface area contributed by atoms with Gasteiger partial charge < -0.3 is 10.1 Å². The van der Waals surface area contributed by atoms with Crippen LogP contribution < -0.4 is 10.1 Å². The van der Waals surface area contributed by atoms with E-state index in [4.69, 9.17) is 9.72 Å². The molecule has 0 saturated carbocycles. The van der Waals surface area contributed by atoms with Gasteiger partial charge in [-0.2, -0.15) is 5.26 Å². The van der Waals surface area contributed by atoms with Crippen molar-refractivity contribution in [1.82, 2.24) is 4.98 Å². The third-order valence-electron chi connectivity index (χ3n) is 6.15. The van der Waals surface area contributed by atoms with E-state index in [-0.39, 0.29) is 5.91 Å². The highest BCUT2D eigenvalue weighted by Gasteiger charge is 2.22. The van der Waals surface area contributed by atoms with Crippen LogP contribution in [-0.4, -0.2) is 23.3 Å². The molecule has 0 aliphatic heterocycles. The Morgan fingerprint density at radius 2 is 1.59 bits per heavy atom. The normalized spacial score (nSPS) is 11.5. The lowest BCUT2D eigenvalue weighted by Gasteiger charge is -2.17. The maximum absolute atomic E-state index is 13.1. The van der Waals surface area contributed by atoms with Crippen LogP contribution in [0.5, 0.6) is 5.75 Å². The molecule has 0 bridgehead atoms. The van der Waals surface area contributed by atoms with Crippen molar-refractivity contribution in [2.45, 2.75) is 38.0 Å². The molecule has 1 aromatic heterocycles. The predicted octanol–water partition coefficient (Wildman–Crippen LogP) is 7.34. The minimum Gasteiger partial charge on any atom is -0.497 e. The molecule has 0 spiro atoms. The van der Waals surface area contributed by atoms with Crippen molar-refractivity contribution in [3.63, 3.8) is 0 Å². The quantitative estimate of drug-likeness (QED) is 0.265. The van der Waals surface area contributed by atoms with E-state index in [9.17, 15) is 10.1 Å². The Labute approximate surface area is 222 Å². The van der Waals surface area contributed by atoms with E-state index in [2.05, 4.69) is 11.4 Å². The Morgan fingerprint density at radius 1 is 0.946 bits per heavy atom. The summed E-state index contributed by atoms with van der Waals surface area (Å²) in [4.78, 5) is 18.0. The van der Waals surface area contributed by atoms with Crippen LogP contribution in [0.15, 0.2) is 77.8 Å². The molecule has 0 aliphatic rings. The molecular weight excluding hydrogens is 478 g/mol. The number of hydrogen-bond acceptors (Lipinski definition) is 5. The molecule has 5 nitrogen and oxygen atoms in total. The Hall–Kier alpha value is -4.08. The van der Waals surface area contributed by atoms with Crippen LogP contribution in [0, 0.1) is 32.1 Å². The number of amides is 1. The molecule has 1 N–H and O–H groups in total. The van der Waals surface area contributed by atoms with E-state index in [1.807, 2.05) is 100 Å². The fourth-order valence-corrected chi connectivity index (χ4v) is 4.84. The summed E-state index contributed by atoms with van der Waals surface area (Å²) in [7, 11) is 1.63. The Morgan fingerprint density at radius 3 is 2.24 bits per heavy atom. The van der Waals surface area contributed by atoms with Gasteiger partial charge in [0.25, 0.3) is 0 Å². The van der Waals surface area contributed by atoms with Gasteiger partial charge in [-0.05, 0) is 80.8 Å². The van der Waals surface area contributed by atoms with Crippen LogP contribution in [0.25, 0.3) is 22.4 Å². The number of nitrogens with one attached hydrogen (secondary N) is 1. The molecule has 1 atom stereocenters. The molecule has 0 radical (unpaired) electrons. The summed E-state index contributed by atoms with van der Waals surface area (Å²) in [5.41, 5.74) is 7.78. The number of anilines is 1. The van der Waals surface area contributed by atoms with Gasteiger partial charge in [0.15, 0.2) is 0 Å². The molecular formula is C31H29N3O2S. The van der Waals surface area contributed by atoms with E-state index in [0.29, 0.717) is 10.6 Å². The van der Waals surface area contributed by atoms with Crippen molar-refractivity contribution in [2.75, 3.05) is 12.4 Å². The molecule has 0 saturated heterocycles. The zero-order valence-corrected chi connectivity index (χ0v) is 22.4. The van der Waals surface area contributed by atoms with Crippen LogP contribution in [0.1, 0.15) is 29.2 Å². The molecule has 4 rings (SSSR count). The number of nitriles is 1. The molecule has 6 heteroatoms. The molecule has 1 amide bonds. The average molecular weight is 508 g/mol. The van der Waals surface area contributed by atoms with Crippen molar-refractivity contribution in [3.05, 3.63) is 95.1 Å². The van der Waals surface area contributed by atoms with Gasteiger partial charge in [-0.25, -0.2) is 4.98 Å². The predicted molar refractivity (Wildman–Crippen MR) is 151 cm³/mol. The van der Waals surface area contributed by atoms with Crippen LogP contribution in [0.3, 0.4) is 0 Å². The third kappa shape index (κ3) is 6.02. The highest BCUT2D eigenvalue weighted by molar-refractivity contribution is 8.00. The maximum atomic E-state index is 13.1. The fraction of sp³-hybridized carbons (Fsp3) is 0.194. The first-order valence-corrected chi connectivity index (χ1v) is 12.9. The van der Waals surface area contributed by atoms with Gasteiger partial charge in [0.2, 0.25) is 5.91 Å². The Bertz CT molecular complexity index is 1470. The second-order valence-corrected chi connectivity index (χ2v) is 10.3. The summed E-state index contributed by atoms with van der Waals surface area (Å²) >= 11 is 1.29. The van der Waals surface area contributed by atoms with Crippen molar-refractivity contribution in [1.29, 1.82) is 5.26 Å². The zero-order chi connectivity index (χ0) is 26.5. The van der Waals surface area contributed by atoms with E-state index in [0.717, 1.165) is 50.5 Å². The van der Waals surface area contributed by atoms with Crippen LogP contribution in [0.4, 0.5) is 5.69 Å². The second kappa shape index (κ2) is 11.3. The smallest absolute Gasteiger partial charge is 0.237 e. The van der Waals surface area contributed by atoms with Gasteiger partial charge in [-0.3, -0.25) is 4.79 Å². The van der Waals surface area contributed by atoms with Gasteiger partial charge in [0, 0.05) is 16.8 Å². The first kappa shape index (κ1) is 26.0. The molecule has 3 aromatic carbocycles. The van der Waals surface area contributed by atoms with Gasteiger partial charge in [0.1, 0.15) is 16.8 Å². The molecule has 186 valence electrons. The standard InChI is InChI=1S/C31H29N3O2S/c1-19-7-10-23(11-8-19)26-17-29(24-12-14-25(36-5)15-13-24)34-31(27(26)18-32)37-22(4)30(35)33-28-16-20(2)6-9-21(28)3/h6-17,22H,1-5H3,(H,33,35). The number of hydrogen-bond donors (Lipinski definition) is 1. The van der Waals surface area contributed by atoms with Crippen molar-refractivity contribution in [3.8, 4) is 34.2 Å². The number of nitrogens with zero attached hydrogens (tertiary/aromatic N) is 2. The number of methoxy groups -OCH3 is 1. The lowest BCUT2D eigenvalue weighted by molar-refractivity contribution is -0.115. The van der Waals surface area contributed by atoms with Crippen LogP contribution in [0.2, 0.25) is 0 Å². The number of ether oxygens (including phenoxy) is 1. The van der Waals surface area contributed by atoms with Crippen molar-refractivity contribution < 1.29 is 9.53 Å². The average Bonchev–Trinajstić information content (AvgIpc) is 2.90. The van der Waals surface area contributed by atoms with E-state index in [1.165, 1.54) is 11.8 Å². The summed E-state index contributed by atoms with van der Waals surface area (Å²) in [6.07, 6.45) is 0. The highest BCUT2D eigenvalue weighted by Crippen LogP contribution is 2.36. The molecule has 0 aliphatic carbocycles. The van der Waals surface area contributed by atoms with Crippen LogP contribution in [-0.2, 0) is 4.79 Å². The third-order valence-corrected chi connectivity index (χ3v) is 7.24. The summed E-state index contributed by atoms with van der Waals surface area (Å²) in [5.74, 6) is 0.610. The lowest BCUT2D eigenvalue weighted by atomic mass is 9.98. The molecule has 0 fully saturated rings. The minimum atomic E-state index is -0.475. The molecule has 1 unspecified atom stereocenters. The number of aromatic nitrogens is 1. The number of rotatable bonds is 7. The summed E-state index contributed by atoms with van der Waals surface area (Å²) in [6.45, 7) is 7.82. The number of carbonyl (C=O) groups is 1. The Kier molecular flexibility index (Phi) is 7.95. The number of benzene rings is 3. The highest BCUT2D eigenvalue weighted by atomic mass is 32.2. The minimum absolute atomic E-state index is 0.142. The summed E-state index contributed by atoms with van der Waals surface area (Å²) < 4.78 is 5.30. The van der Waals surface area contributed by atoms with Gasteiger partial charge in [0.05, 0.1) is 23.6 Å². The van der Waals surface area contributed by atoms with E-state index < -0.39 is 5.25 Å². The van der Waals surface area contributed by atoms with Gasteiger partial charge >= 0.3 is 0 Å². The second-order valence-electron chi connectivity index (χ2n) is 9.01. The van der Waals surface area contributed by atoms with Crippen LogP contribution >= 0.6 is 11.8 Å². The largest absolute Gasteiger partial charge is 0.497 e. The number of aryl methyl sites for hydroxylation is 3. The van der Waals surface area contributed by atoms with Crippen molar-refractivity contribution in [2.24, 2.45) is 0 Å². The van der Waals surface area contributed by atoms with E-state index >= 15 is 0 Å². The van der Waals surface area contributed by atoms with Gasteiger partial charge in [-0.1, -0.05) is 53.7 Å². The number of carbonyl (C=O) groups excluding carboxylic acids is 1. The first-order chi connectivity index (χ1) is 17.8. The SMILES string of the molecule is COc1ccc(-c2cc(-c3ccc(C)cc3)c(C#N)c(SC(C)C(=O)Nc3cc(C)ccc3C)n2)cc1. The number of thioether (sulfide) groups is 1. The van der Waals surface area contributed by atoms with E-state index in [1.54, 1.807) is 7.11 Å². The molecule has 1 heterocycles. The van der Waals surface area contributed by atoms with Gasteiger partial charge in [-0.15, -0.1) is 0 Å². The zero-order valence-electron chi connectivity index (χ0n) is 21.6.